The summed E-state index contributed by atoms with van der Waals surface area (Å²) in [5.74, 6) is 0. The van der Waals surface area contributed by atoms with Gasteiger partial charge in [-0.3, -0.25) is 9.78 Å². The molecule has 0 saturated carbocycles. The molecule has 2 aromatic carbocycles. The fraction of sp³-hybridized carbons (Fsp3) is 0. The van der Waals surface area contributed by atoms with Crippen molar-refractivity contribution in [2.45, 2.75) is 0 Å². The van der Waals surface area contributed by atoms with Crippen LogP contribution in [0, 0.1) is 0 Å². The Labute approximate surface area is 89.6 Å². The van der Waals surface area contributed by atoms with Crippen LogP contribution in [0.15, 0.2) is 46.0 Å². The van der Waals surface area contributed by atoms with Gasteiger partial charge in [-0.2, -0.15) is 0 Å². The molecule has 0 saturated heterocycles. The van der Waals surface area contributed by atoms with Crippen LogP contribution >= 0.6 is 0 Å². The number of aromatic amines is 2. The van der Waals surface area contributed by atoms with E-state index in [0.29, 0.717) is 10.9 Å². The molecule has 0 bridgehead atoms. The van der Waals surface area contributed by atoms with E-state index in [9.17, 15) is 9.59 Å². The van der Waals surface area contributed by atoms with Gasteiger partial charge in [0.2, 0.25) is 0 Å². The molecule has 1 heterocycles. The summed E-state index contributed by atoms with van der Waals surface area (Å²) in [6, 6.07) is 11.3. The number of nitrogens with one attached hydrogen (secondary N) is 2. The second-order valence-corrected chi connectivity index (χ2v) is 3.65. The molecular weight excluding hydrogens is 204 g/mol. The predicted octanol–water partition coefficient (Wildman–Crippen LogP) is 1.37. The van der Waals surface area contributed by atoms with E-state index in [2.05, 4.69) is 9.97 Å². The lowest BCUT2D eigenvalue weighted by atomic mass is 10.1. The molecule has 3 rings (SSSR count). The zero-order valence-electron chi connectivity index (χ0n) is 8.28. The number of hydrogen-bond acceptors (Lipinski definition) is 2. The fourth-order valence-electron chi connectivity index (χ4n) is 1.86. The molecule has 3 aromatic rings. The highest BCUT2D eigenvalue weighted by atomic mass is 16.2. The average molecular weight is 212 g/mol. The summed E-state index contributed by atoms with van der Waals surface area (Å²) in [7, 11) is 0. The van der Waals surface area contributed by atoms with Crippen LogP contribution in [0.4, 0.5) is 0 Å². The summed E-state index contributed by atoms with van der Waals surface area (Å²) in [5.41, 5.74) is -0.273. The molecule has 0 spiro atoms. The van der Waals surface area contributed by atoms with Gasteiger partial charge in [0.25, 0.3) is 5.56 Å². The van der Waals surface area contributed by atoms with Gasteiger partial charge in [0.05, 0.1) is 10.9 Å². The topological polar surface area (TPSA) is 65.7 Å². The summed E-state index contributed by atoms with van der Waals surface area (Å²) in [6.07, 6.45) is 0. The van der Waals surface area contributed by atoms with E-state index in [0.717, 1.165) is 10.8 Å². The lowest BCUT2D eigenvalue weighted by Crippen LogP contribution is -2.21. The van der Waals surface area contributed by atoms with Crippen molar-refractivity contribution < 1.29 is 0 Å². The molecule has 0 radical (unpaired) electrons. The molecule has 4 nitrogen and oxygen atoms in total. The number of H-pyrrole nitrogens is 2. The Morgan fingerprint density at radius 1 is 0.875 bits per heavy atom. The molecule has 0 amide bonds. The predicted molar refractivity (Wildman–Crippen MR) is 62.7 cm³/mol. The normalized spacial score (nSPS) is 11.0. The maximum atomic E-state index is 11.6. The van der Waals surface area contributed by atoms with Gasteiger partial charge < -0.3 is 4.98 Å². The average Bonchev–Trinajstić information content (AvgIpc) is 2.27. The van der Waals surface area contributed by atoms with E-state index in [-0.39, 0.29) is 5.56 Å². The van der Waals surface area contributed by atoms with Crippen LogP contribution in [0.5, 0.6) is 0 Å². The quantitative estimate of drug-likeness (QED) is 0.553. The molecule has 1 aromatic heterocycles. The molecule has 0 atom stereocenters. The third-order valence-corrected chi connectivity index (χ3v) is 2.61. The molecule has 0 aliphatic carbocycles. The fourth-order valence-corrected chi connectivity index (χ4v) is 1.86. The first-order valence-electron chi connectivity index (χ1n) is 4.89. The highest BCUT2D eigenvalue weighted by Gasteiger charge is 2.02. The molecule has 0 aliphatic heterocycles. The van der Waals surface area contributed by atoms with Crippen LogP contribution < -0.4 is 11.2 Å². The Kier molecular flexibility index (Phi) is 1.71. The third-order valence-electron chi connectivity index (χ3n) is 2.61. The van der Waals surface area contributed by atoms with Crippen LogP contribution in [0.25, 0.3) is 21.7 Å². The van der Waals surface area contributed by atoms with Crippen molar-refractivity contribution in [1.82, 2.24) is 9.97 Å². The maximum absolute atomic E-state index is 11.6. The number of fused-ring (bicyclic) bond motifs is 2. The van der Waals surface area contributed by atoms with Crippen molar-refractivity contribution in [1.29, 1.82) is 0 Å². The van der Waals surface area contributed by atoms with Gasteiger partial charge in [-0.05, 0) is 22.9 Å². The summed E-state index contributed by atoms with van der Waals surface area (Å²) in [4.78, 5) is 27.5. The van der Waals surface area contributed by atoms with Gasteiger partial charge >= 0.3 is 5.69 Å². The van der Waals surface area contributed by atoms with Crippen molar-refractivity contribution in [3.05, 3.63) is 57.2 Å². The van der Waals surface area contributed by atoms with Crippen molar-refractivity contribution >= 4 is 21.7 Å². The minimum Gasteiger partial charge on any atom is -0.307 e. The zero-order chi connectivity index (χ0) is 11.1. The van der Waals surface area contributed by atoms with E-state index in [4.69, 9.17) is 0 Å². The Morgan fingerprint density at radius 2 is 1.56 bits per heavy atom. The molecule has 78 valence electrons. The lowest BCUT2D eigenvalue weighted by molar-refractivity contribution is 1.08. The van der Waals surface area contributed by atoms with Gasteiger partial charge in [0.15, 0.2) is 0 Å². The number of rotatable bonds is 0. The van der Waals surface area contributed by atoms with Gasteiger partial charge in [0.1, 0.15) is 0 Å². The van der Waals surface area contributed by atoms with Crippen LogP contribution in [0.1, 0.15) is 0 Å². The number of benzene rings is 2. The van der Waals surface area contributed by atoms with E-state index in [1.54, 1.807) is 12.1 Å². The first kappa shape index (κ1) is 8.91. The number of aromatic nitrogens is 2. The molecular formula is C12H8N2O2. The van der Waals surface area contributed by atoms with Crippen LogP contribution in [-0.2, 0) is 0 Å². The molecule has 0 unspecified atom stereocenters. The molecule has 0 aliphatic rings. The van der Waals surface area contributed by atoms with Crippen molar-refractivity contribution in [2.75, 3.05) is 0 Å². The maximum Gasteiger partial charge on any atom is 0.326 e. The smallest absolute Gasteiger partial charge is 0.307 e. The second-order valence-electron chi connectivity index (χ2n) is 3.65. The highest BCUT2D eigenvalue weighted by molar-refractivity contribution is 5.95. The molecule has 2 N–H and O–H groups in total. The molecule has 0 fully saturated rings. The standard InChI is InChI=1S/C12H8N2O2/c15-11-9-5-7-3-1-2-4-8(7)6-10(9)13-12(16)14-11/h1-6H,(H2,13,14,15,16). The van der Waals surface area contributed by atoms with Crippen LogP contribution in [0.3, 0.4) is 0 Å². The third kappa shape index (κ3) is 1.24. The zero-order valence-corrected chi connectivity index (χ0v) is 8.28. The van der Waals surface area contributed by atoms with Crippen molar-refractivity contribution in [3.8, 4) is 0 Å². The first-order valence-corrected chi connectivity index (χ1v) is 4.89. The van der Waals surface area contributed by atoms with Gasteiger partial charge in [-0.15, -0.1) is 0 Å². The number of hydrogen-bond donors (Lipinski definition) is 2. The molecule has 16 heavy (non-hydrogen) atoms. The minimum atomic E-state index is -0.479. The molecule has 4 heteroatoms. The Bertz CT molecular complexity index is 799. The van der Waals surface area contributed by atoms with E-state index in [1.165, 1.54) is 0 Å². The monoisotopic (exact) mass is 212 g/mol. The first-order chi connectivity index (χ1) is 7.74. The Morgan fingerprint density at radius 3 is 2.31 bits per heavy atom. The largest absolute Gasteiger partial charge is 0.326 e. The second kappa shape index (κ2) is 3.06. The highest BCUT2D eigenvalue weighted by Crippen LogP contribution is 2.17. The summed E-state index contributed by atoms with van der Waals surface area (Å²) in [5, 5.41) is 2.47. The van der Waals surface area contributed by atoms with Crippen LogP contribution in [0.2, 0.25) is 0 Å². The van der Waals surface area contributed by atoms with E-state index in [1.807, 2.05) is 24.3 Å². The van der Waals surface area contributed by atoms with Gasteiger partial charge in [-0.1, -0.05) is 24.3 Å². The van der Waals surface area contributed by atoms with Crippen molar-refractivity contribution in [2.24, 2.45) is 0 Å². The Balaban J connectivity index is 2.61. The van der Waals surface area contributed by atoms with Crippen molar-refractivity contribution in [3.63, 3.8) is 0 Å². The van der Waals surface area contributed by atoms with E-state index < -0.39 is 5.69 Å². The minimum absolute atomic E-state index is 0.357. The van der Waals surface area contributed by atoms with E-state index >= 15 is 0 Å². The van der Waals surface area contributed by atoms with Gasteiger partial charge in [-0.25, -0.2) is 4.79 Å². The Hall–Kier alpha value is -2.36. The summed E-state index contributed by atoms with van der Waals surface area (Å²) in [6.45, 7) is 0. The summed E-state index contributed by atoms with van der Waals surface area (Å²) >= 11 is 0. The van der Waals surface area contributed by atoms with Gasteiger partial charge in [0, 0.05) is 0 Å². The SMILES string of the molecule is O=c1[nH]c(=O)c2cc3ccccc3cc2[nH]1. The lowest BCUT2D eigenvalue weighted by Gasteiger charge is -2.00. The summed E-state index contributed by atoms with van der Waals surface area (Å²) < 4.78 is 0. The van der Waals surface area contributed by atoms with Crippen LogP contribution in [-0.4, -0.2) is 9.97 Å².